The number of ether oxygens (including phenoxy) is 2. The maximum Gasteiger partial charge on any atom is 0.253 e. The maximum absolute atomic E-state index is 13.0. The normalized spacial score (nSPS) is 20.4. The average molecular weight is 372 g/mol. The Balaban J connectivity index is 1.30. The minimum atomic E-state index is -0.353. The Hall–Kier alpha value is -3.18. The van der Waals surface area contributed by atoms with E-state index in [-0.39, 0.29) is 11.5 Å². The van der Waals surface area contributed by atoms with Gasteiger partial charge >= 0.3 is 0 Å². The topological polar surface area (TPSA) is 51.7 Å². The van der Waals surface area contributed by atoms with E-state index in [9.17, 15) is 4.79 Å². The van der Waals surface area contributed by atoms with Gasteiger partial charge in [0, 0.05) is 24.4 Å². The van der Waals surface area contributed by atoms with Crippen LogP contribution in [0.4, 0.5) is 0 Å². The molecule has 1 fully saturated rings. The monoisotopic (exact) mass is 372 g/mol. The Bertz CT molecular complexity index is 1000. The molecule has 0 bridgehead atoms. The van der Waals surface area contributed by atoms with Crippen LogP contribution in [0.3, 0.4) is 0 Å². The number of aromatic nitrogens is 1. The largest absolute Gasteiger partial charge is 0.439 e. The van der Waals surface area contributed by atoms with Crippen molar-refractivity contribution in [2.75, 3.05) is 13.1 Å². The lowest BCUT2D eigenvalue weighted by molar-refractivity contribution is -0.0282. The minimum Gasteiger partial charge on any atom is -0.439 e. The second-order valence-electron chi connectivity index (χ2n) is 7.21. The first-order valence-electron chi connectivity index (χ1n) is 9.44. The standard InChI is InChI=1S/C23H20N2O3/c26-22(17-8-10-19(11-9-17)28-21-7-3-4-13-24-21)25-14-12-23(16-25)20-6-2-1-5-18(20)15-27-23/h1-11,13H,12,14-16H2/t23-/m0/s1. The third kappa shape index (κ3) is 2.94. The van der Waals surface area contributed by atoms with Crippen LogP contribution in [0.1, 0.15) is 27.9 Å². The summed E-state index contributed by atoms with van der Waals surface area (Å²) < 4.78 is 11.9. The highest BCUT2D eigenvalue weighted by Crippen LogP contribution is 2.43. The summed E-state index contributed by atoms with van der Waals surface area (Å²) >= 11 is 0. The molecule has 2 aliphatic heterocycles. The number of likely N-dealkylation sites (tertiary alicyclic amines) is 1. The number of amides is 1. The van der Waals surface area contributed by atoms with Crippen LogP contribution >= 0.6 is 0 Å². The van der Waals surface area contributed by atoms with Gasteiger partial charge < -0.3 is 14.4 Å². The van der Waals surface area contributed by atoms with E-state index in [1.165, 1.54) is 11.1 Å². The molecule has 28 heavy (non-hydrogen) atoms. The molecule has 0 N–H and O–H groups in total. The van der Waals surface area contributed by atoms with Gasteiger partial charge in [-0.3, -0.25) is 4.79 Å². The van der Waals surface area contributed by atoms with Gasteiger partial charge in [0.05, 0.1) is 13.2 Å². The number of pyridine rings is 1. The zero-order chi connectivity index (χ0) is 19.0. The summed E-state index contributed by atoms with van der Waals surface area (Å²) in [6.45, 7) is 1.91. The van der Waals surface area contributed by atoms with Crippen LogP contribution in [0.2, 0.25) is 0 Å². The van der Waals surface area contributed by atoms with Crippen LogP contribution in [0, 0.1) is 0 Å². The van der Waals surface area contributed by atoms with E-state index in [1.807, 2.05) is 29.2 Å². The third-order valence-electron chi connectivity index (χ3n) is 5.49. The summed E-state index contributed by atoms with van der Waals surface area (Å²) in [5, 5.41) is 0. The average Bonchev–Trinajstić information content (AvgIpc) is 3.34. The molecule has 5 nitrogen and oxygen atoms in total. The Morgan fingerprint density at radius 3 is 2.68 bits per heavy atom. The van der Waals surface area contributed by atoms with Crippen LogP contribution in [0.25, 0.3) is 0 Å². The molecule has 3 aromatic rings. The van der Waals surface area contributed by atoms with Gasteiger partial charge in [-0.2, -0.15) is 0 Å². The molecule has 0 radical (unpaired) electrons. The van der Waals surface area contributed by atoms with Gasteiger partial charge in [0.2, 0.25) is 5.88 Å². The summed E-state index contributed by atoms with van der Waals surface area (Å²) in [6.07, 6.45) is 2.51. The van der Waals surface area contributed by atoms with Crippen molar-refractivity contribution in [1.29, 1.82) is 0 Å². The smallest absolute Gasteiger partial charge is 0.253 e. The minimum absolute atomic E-state index is 0.0224. The highest BCUT2D eigenvalue weighted by atomic mass is 16.5. The van der Waals surface area contributed by atoms with Gasteiger partial charge in [-0.1, -0.05) is 30.3 Å². The number of rotatable bonds is 3. The van der Waals surface area contributed by atoms with Gasteiger partial charge in [-0.25, -0.2) is 4.98 Å². The SMILES string of the molecule is O=C(c1ccc(Oc2ccccn2)cc1)N1CC[C@@]2(C1)OCc1ccccc12. The van der Waals surface area contributed by atoms with Crippen molar-refractivity contribution in [3.05, 3.63) is 89.6 Å². The molecule has 1 saturated heterocycles. The molecule has 1 spiro atoms. The van der Waals surface area contributed by atoms with Crippen molar-refractivity contribution in [3.63, 3.8) is 0 Å². The molecule has 2 aromatic carbocycles. The number of benzene rings is 2. The van der Waals surface area contributed by atoms with Gasteiger partial charge in [0.25, 0.3) is 5.91 Å². The Kier molecular flexibility index (Phi) is 4.10. The molecule has 5 heteroatoms. The molecule has 140 valence electrons. The van der Waals surface area contributed by atoms with Crippen molar-refractivity contribution in [3.8, 4) is 11.6 Å². The molecule has 1 aromatic heterocycles. The molecule has 2 aliphatic rings. The van der Waals surface area contributed by atoms with E-state index in [0.29, 0.717) is 36.9 Å². The number of hydrogen-bond donors (Lipinski definition) is 0. The lowest BCUT2D eigenvalue weighted by Crippen LogP contribution is -2.34. The summed E-state index contributed by atoms with van der Waals surface area (Å²) in [5.41, 5.74) is 2.75. The summed E-state index contributed by atoms with van der Waals surface area (Å²) in [5.74, 6) is 1.20. The fourth-order valence-electron chi connectivity index (χ4n) is 4.05. The Morgan fingerprint density at radius 1 is 1.04 bits per heavy atom. The predicted octanol–water partition coefficient (Wildman–Crippen LogP) is 4.15. The van der Waals surface area contributed by atoms with E-state index in [2.05, 4.69) is 17.1 Å². The van der Waals surface area contributed by atoms with E-state index in [1.54, 1.807) is 36.5 Å². The fourth-order valence-corrected chi connectivity index (χ4v) is 4.05. The molecule has 0 unspecified atom stereocenters. The van der Waals surface area contributed by atoms with Crippen LogP contribution in [-0.4, -0.2) is 28.9 Å². The lowest BCUT2D eigenvalue weighted by atomic mass is 9.92. The number of fused-ring (bicyclic) bond motifs is 2. The number of carbonyl (C=O) groups is 1. The highest BCUT2D eigenvalue weighted by Gasteiger charge is 2.46. The maximum atomic E-state index is 13.0. The second-order valence-corrected chi connectivity index (χ2v) is 7.21. The summed E-state index contributed by atoms with van der Waals surface area (Å²) in [4.78, 5) is 19.0. The summed E-state index contributed by atoms with van der Waals surface area (Å²) in [7, 11) is 0. The van der Waals surface area contributed by atoms with Gasteiger partial charge in [0.15, 0.2) is 0 Å². The predicted molar refractivity (Wildman–Crippen MR) is 104 cm³/mol. The van der Waals surface area contributed by atoms with Crippen LogP contribution in [0.5, 0.6) is 11.6 Å². The molecule has 0 aliphatic carbocycles. The van der Waals surface area contributed by atoms with E-state index < -0.39 is 0 Å². The van der Waals surface area contributed by atoms with Crippen LogP contribution in [0.15, 0.2) is 72.9 Å². The Morgan fingerprint density at radius 2 is 1.86 bits per heavy atom. The first-order valence-corrected chi connectivity index (χ1v) is 9.44. The van der Waals surface area contributed by atoms with E-state index in [0.717, 1.165) is 6.42 Å². The first-order chi connectivity index (χ1) is 13.7. The molecule has 3 heterocycles. The van der Waals surface area contributed by atoms with Crippen molar-refractivity contribution >= 4 is 5.91 Å². The number of nitrogens with zero attached hydrogens (tertiary/aromatic N) is 2. The Labute approximate surface area is 163 Å². The molecule has 1 atom stereocenters. The highest BCUT2D eigenvalue weighted by molar-refractivity contribution is 5.94. The van der Waals surface area contributed by atoms with Gasteiger partial charge in [-0.15, -0.1) is 0 Å². The van der Waals surface area contributed by atoms with Crippen LogP contribution < -0.4 is 4.74 Å². The van der Waals surface area contributed by atoms with Crippen molar-refractivity contribution in [2.24, 2.45) is 0 Å². The van der Waals surface area contributed by atoms with E-state index >= 15 is 0 Å². The zero-order valence-electron chi connectivity index (χ0n) is 15.4. The quantitative estimate of drug-likeness (QED) is 0.693. The van der Waals surface area contributed by atoms with Gasteiger partial charge in [-0.05, 0) is 47.9 Å². The molecule has 1 amide bonds. The number of carbonyl (C=O) groups excluding carboxylic acids is 1. The molecular formula is C23H20N2O3. The second kappa shape index (κ2) is 6.77. The zero-order valence-corrected chi connectivity index (χ0v) is 15.4. The fraction of sp³-hybridized carbons (Fsp3) is 0.217. The first kappa shape index (κ1) is 17.0. The van der Waals surface area contributed by atoms with E-state index in [4.69, 9.17) is 9.47 Å². The van der Waals surface area contributed by atoms with Crippen molar-refractivity contribution in [2.45, 2.75) is 18.6 Å². The molecular weight excluding hydrogens is 352 g/mol. The van der Waals surface area contributed by atoms with Crippen molar-refractivity contribution < 1.29 is 14.3 Å². The molecule has 5 rings (SSSR count). The summed E-state index contributed by atoms with van der Waals surface area (Å²) in [6, 6.07) is 21.0. The number of hydrogen-bond acceptors (Lipinski definition) is 4. The molecule has 0 saturated carbocycles. The lowest BCUT2D eigenvalue weighted by Gasteiger charge is -2.24. The van der Waals surface area contributed by atoms with Crippen LogP contribution in [-0.2, 0) is 16.9 Å². The third-order valence-corrected chi connectivity index (χ3v) is 5.49. The van der Waals surface area contributed by atoms with Crippen molar-refractivity contribution in [1.82, 2.24) is 9.88 Å². The van der Waals surface area contributed by atoms with Gasteiger partial charge in [0.1, 0.15) is 11.4 Å².